The molecular formula is C15H24N2O. The Bertz CT molecular complexity index is 363. The van der Waals surface area contributed by atoms with Crippen LogP contribution in [0.3, 0.4) is 0 Å². The van der Waals surface area contributed by atoms with E-state index in [-0.39, 0.29) is 0 Å². The smallest absolute Gasteiger partial charge is 0.0589 e. The summed E-state index contributed by atoms with van der Waals surface area (Å²) in [4.78, 5) is 2.55. The maximum atomic E-state index is 5.21. The molecule has 0 aliphatic heterocycles. The SMILES string of the molecule is CNCc1ccccc1CN(CCOC)C1CC1. The molecule has 0 spiro atoms. The molecular weight excluding hydrogens is 224 g/mol. The molecule has 0 radical (unpaired) electrons. The molecule has 1 aromatic rings. The fourth-order valence-electron chi connectivity index (χ4n) is 2.33. The minimum absolute atomic E-state index is 0.780. The summed E-state index contributed by atoms with van der Waals surface area (Å²) in [6, 6.07) is 9.49. The van der Waals surface area contributed by atoms with Gasteiger partial charge in [-0.1, -0.05) is 24.3 Å². The van der Waals surface area contributed by atoms with Crippen LogP contribution in [0.4, 0.5) is 0 Å². The molecule has 0 heterocycles. The first-order valence-electron chi connectivity index (χ1n) is 6.79. The first-order chi connectivity index (χ1) is 8.85. The predicted octanol–water partition coefficient (Wildman–Crippen LogP) is 2.02. The molecule has 3 nitrogen and oxygen atoms in total. The second-order valence-electron chi connectivity index (χ2n) is 4.99. The van der Waals surface area contributed by atoms with Gasteiger partial charge in [-0.05, 0) is 31.0 Å². The number of ether oxygens (including phenoxy) is 1. The van der Waals surface area contributed by atoms with Crippen LogP contribution in [-0.2, 0) is 17.8 Å². The maximum Gasteiger partial charge on any atom is 0.0589 e. The van der Waals surface area contributed by atoms with E-state index >= 15 is 0 Å². The minimum Gasteiger partial charge on any atom is -0.383 e. The molecule has 3 heteroatoms. The van der Waals surface area contributed by atoms with Crippen molar-refractivity contribution in [2.75, 3.05) is 27.3 Å². The fraction of sp³-hybridized carbons (Fsp3) is 0.600. The third kappa shape index (κ3) is 3.80. The van der Waals surface area contributed by atoms with Crippen LogP contribution in [0.25, 0.3) is 0 Å². The fourth-order valence-corrected chi connectivity index (χ4v) is 2.33. The minimum atomic E-state index is 0.780. The van der Waals surface area contributed by atoms with Crippen LogP contribution >= 0.6 is 0 Å². The van der Waals surface area contributed by atoms with Crippen molar-refractivity contribution >= 4 is 0 Å². The predicted molar refractivity (Wildman–Crippen MR) is 74.5 cm³/mol. The van der Waals surface area contributed by atoms with Gasteiger partial charge in [0, 0.05) is 32.8 Å². The van der Waals surface area contributed by atoms with Crippen LogP contribution in [0.1, 0.15) is 24.0 Å². The molecule has 1 fully saturated rings. The highest BCUT2D eigenvalue weighted by molar-refractivity contribution is 5.27. The monoisotopic (exact) mass is 248 g/mol. The third-order valence-electron chi connectivity index (χ3n) is 3.50. The van der Waals surface area contributed by atoms with Gasteiger partial charge in [0.25, 0.3) is 0 Å². The van der Waals surface area contributed by atoms with Gasteiger partial charge >= 0.3 is 0 Å². The Morgan fingerprint density at radius 1 is 1.28 bits per heavy atom. The van der Waals surface area contributed by atoms with E-state index in [2.05, 4.69) is 34.5 Å². The first kappa shape index (κ1) is 13.5. The third-order valence-corrected chi connectivity index (χ3v) is 3.50. The lowest BCUT2D eigenvalue weighted by molar-refractivity contribution is 0.139. The van der Waals surface area contributed by atoms with Crippen molar-refractivity contribution in [3.8, 4) is 0 Å². The normalized spacial score (nSPS) is 15.3. The van der Waals surface area contributed by atoms with Gasteiger partial charge in [0.05, 0.1) is 6.61 Å². The Morgan fingerprint density at radius 2 is 2.00 bits per heavy atom. The van der Waals surface area contributed by atoms with Crippen molar-refractivity contribution in [1.29, 1.82) is 0 Å². The second kappa shape index (κ2) is 6.88. The summed E-state index contributed by atoms with van der Waals surface area (Å²) in [6.45, 7) is 3.85. The lowest BCUT2D eigenvalue weighted by atomic mass is 10.1. The van der Waals surface area contributed by atoms with Crippen LogP contribution in [-0.4, -0.2) is 38.3 Å². The van der Waals surface area contributed by atoms with Crippen LogP contribution in [0.5, 0.6) is 0 Å². The Kier molecular flexibility index (Phi) is 5.17. The molecule has 1 aromatic carbocycles. The molecule has 0 bridgehead atoms. The lowest BCUT2D eigenvalue weighted by Crippen LogP contribution is -2.29. The van der Waals surface area contributed by atoms with E-state index < -0.39 is 0 Å². The van der Waals surface area contributed by atoms with E-state index in [1.807, 2.05) is 7.05 Å². The molecule has 0 unspecified atom stereocenters. The highest BCUT2D eigenvalue weighted by atomic mass is 16.5. The van der Waals surface area contributed by atoms with E-state index in [0.717, 1.165) is 32.3 Å². The van der Waals surface area contributed by atoms with Crippen molar-refractivity contribution in [1.82, 2.24) is 10.2 Å². The summed E-state index contributed by atoms with van der Waals surface area (Å²) in [7, 11) is 3.78. The Labute approximate surface area is 110 Å². The van der Waals surface area contributed by atoms with Gasteiger partial charge in [-0.3, -0.25) is 4.90 Å². The summed E-state index contributed by atoms with van der Waals surface area (Å²) in [5.41, 5.74) is 2.85. The molecule has 0 amide bonds. The summed E-state index contributed by atoms with van der Waals surface area (Å²) >= 11 is 0. The molecule has 100 valence electrons. The van der Waals surface area contributed by atoms with Crippen LogP contribution in [0.15, 0.2) is 24.3 Å². The molecule has 1 saturated carbocycles. The van der Waals surface area contributed by atoms with Crippen LogP contribution in [0.2, 0.25) is 0 Å². The van der Waals surface area contributed by atoms with Crippen molar-refractivity contribution in [2.45, 2.75) is 32.0 Å². The zero-order valence-corrected chi connectivity index (χ0v) is 11.5. The van der Waals surface area contributed by atoms with Gasteiger partial charge in [-0.25, -0.2) is 0 Å². The van der Waals surface area contributed by atoms with E-state index in [1.165, 1.54) is 24.0 Å². The zero-order chi connectivity index (χ0) is 12.8. The van der Waals surface area contributed by atoms with Gasteiger partial charge in [-0.2, -0.15) is 0 Å². The summed E-state index contributed by atoms with van der Waals surface area (Å²) < 4.78 is 5.21. The van der Waals surface area contributed by atoms with Gasteiger partial charge in [0.15, 0.2) is 0 Å². The van der Waals surface area contributed by atoms with E-state index in [0.29, 0.717) is 0 Å². The van der Waals surface area contributed by atoms with Crippen molar-refractivity contribution in [3.05, 3.63) is 35.4 Å². The molecule has 18 heavy (non-hydrogen) atoms. The zero-order valence-electron chi connectivity index (χ0n) is 11.5. The highest BCUT2D eigenvalue weighted by Crippen LogP contribution is 2.28. The molecule has 0 aromatic heterocycles. The van der Waals surface area contributed by atoms with Crippen LogP contribution < -0.4 is 5.32 Å². The van der Waals surface area contributed by atoms with Gasteiger partial charge in [-0.15, -0.1) is 0 Å². The average Bonchev–Trinajstić information content (AvgIpc) is 3.21. The lowest BCUT2D eigenvalue weighted by Gasteiger charge is -2.23. The van der Waals surface area contributed by atoms with E-state index in [1.54, 1.807) is 7.11 Å². The van der Waals surface area contributed by atoms with Gasteiger partial charge in [0.1, 0.15) is 0 Å². The summed E-state index contributed by atoms with van der Waals surface area (Å²) in [5, 5.41) is 3.24. The Hall–Kier alpha value is -0.900. The van der Waals surface area contributed by atoms with Gasteiger partial charge < -0.3 is 10.1 Å². The maximum absolute atomic E-state index is 5.21. The van der Waals surface area contributed by atoms with Crippen LogP contribution in [0, 0.1) is 0 Å². The molecule has 1 N–H and O–H groups in total. The Morgan fingerprint density at radius 3 is 2.61 bits per heavy atom. The molecule has 1 aliphatic carbocycles. The second-order valence-corrected chi connectivity index (χ2v) is 4.99. The average molecular weight is 248 g/mol. The van der Waals surface area contributed by atoms with E-state index in [4.69, 9.17) is 4.74 Å². The highest BCUT2D eigenvalue weighted by Gasteiger charge is 2.28. The quantitative estimate of drug-likeness (QED) is 0.761. The molecule has 0 atom stereocenters. The van der Waals surface area contributed by atoms with Crippen molar-refractivity contribution < 1.29 is 4.74 Å². The molecule has 2 rings (SSSR count). The molecule has 0 saturated heterocycles. The first-order valence-corrected chi connectivity index (χ1v) is 6.79. The summed E-state index contributed by atoms with van der Waals surface area (Å²) in [5.74, 6) is 0. The summed E-state index contributed by atoms with van der Waals surface area (Å²) in [6.07, 6.45) is 2.69. The van der Waals surface area contributed by atoms with Crippen molar-refractivity contribution in [2.24, 2.45) is 0 Å². The number of nitrogens with zero attached hydrogens (tertiary/aromatic N) is 1. The number of benzene rings is 1. The number of hydrogen-bond acceptors (Lipinski definition) is 3. The largest absolute Gasteiger partial charge is 0.383 e. The Balaban J connectivity index is 2.00. The number of nitrogens with one attached hydrogen (secondary N) is 1. The number of methoxy groups -OCH3 is 1. The number of hydrogen-bond donors (Lipinski definition) is 1. The number of rotatable bonds is 8. The molecule has 1 aliphatic rings. The van der Waals surface area contributed by atoms with Gasteiger partial charge in [0.2, 0.25) is 0 Å². The van der Waals surface area contributed by atoms with E-state index in [9.17, 15) is 0 Å². The topological polar surface area (TPSA) is 24.5 Å². The van der Waals surface area contributed by atoms with Crippen molar-refractivity contribution in [3.63, 3.8) is 0 Å². The standard InChI is InChI=1S/C15H24N2O/c1-16-11-13-5-3-4-6-14(13)12-17(9-10-18-2)15-7-8-15/h3-6,15-16H,7-12H2,1-2H3.